The fraction of sp³-hybridized carbons (Fsp3) is 0. The van der Waals surface area contributed by atoms with E-state index in [1.807, 2.05) is 0 Å². The highest BCUT2D eigenvalue weighted by atomic mass is 79.9. The summed E-state index contributed by atoms with van der Waals surface area (Å²) in [5.74, 6) is -1.41. The van der Waals surface area contributed by atoms with Crippen LogP contribution in [0, 0.1) is 0 Å². The number of aromatic carboxylic acids is 1. The topological polar surface area (TPSA) is 79.3 Å². The van der Waals surface area contributed by atoms with E-state index in [1.54, 1.807) is 24.3 Å². The molecule has 1 aromatic heterocycles. The molecule has 6 heteroatoms. The van der Waals surface area contributed by atoms with Gasteiger partial charge in [0.1, 0.15) is 0 Å². The third-order valence-corrected chi connectivity index (χ3v) is 2.88. The summed E-state index contributed by atoms with van der Waals surface area (Å²) in [4.78, 5) is 26.5. The van der Waals surface area contributed by atoms with Gasteiger partial charge < -0.3 is 10.4 Å². The molecule has 1 aromatic carbocycles. The van der Waals surface area contributed by atoms with Crippen LogP contribution in [0.15, 0.2) is 47.2 Å². The summed E-state index contributed by atoms with van der Waals surface area (Å²) >= 11 is 3.28. The number of amides is 1. The van der Waals surface area contributed by atoms with Crippen molar-refractivity contribution in [1.29, 1.82) is 0 Å². The van der Waals surface area contributed by atoms with Crippen molar-refractivity contribution < 1.29 is 14.7 Å². The molecule has 2 rings (SSSR count). The number of hydrogen-bond acceptors (Lipinski definition) is 3. The van der Waals surface area contributed by atoms with Gasteiger partial charge in [-0.15, -0.1) is 0 Å². The van der Waals surface area contributed by atoms with E-state index >= 15 is 0 Å². The van der Waals surface area contributed by atoms with Crippen LogP contribution in [0.4, 0.5) is 5.69 Å². The van der Waals surface area contributed by atoms with Gasteiger partial charge in [-0.1, -0.05) is 15.9 Å². The highest BCUT2D eigenvalue weighted by molar-refractivity contribution is 9.10. The molecule has 0 atom stereocenters. The molecule has 5 nitrogen and oxygen atoms in total. The lowest BCUT2D eigenvalue weighted by atomic mass is 10.2. The number of nitrogens with one attached hydrogen (secondary N) is 1. The van der Waals surface area contributed by atoms with Crippen molar-refractivity contribution in [2.24, 2.45) is 0 Å². The maximum Gasteiger partial charge on any atom is 0.337 e. The first kappa shape index (κ1) is 13.2. The lowest BCUT2D eigenvalue weighted by Crippen LogP contribution is -2.12. The Morgan fingerprint density at radius 2 is 1.79 bits per heavy atom. The van der Waals surface area contributed by atoms with Crippen LogP contribution >= 0.6 is 15.9 Å². The van der Waals surface area contributed by atoms with Gasteiger partial charge in [0.2, 0.25) is 0 Å². The molecule has 0 fully saturated rings. The van der Waals surface area contributed by atoms with Gasteiger partial charge in [0.15, 0.2) is 0 Å². The summed E-state index contributed by atoms with van der Waals surface area (Å²) in [5.41, 5.74) is 0.838. The zero-order valence-electron chi connectivity index (χ0n) is 9.63. The fourth-order valence-corrected chi connectivity index (χ4v) is 1.69. The van der Waals surface area contributed by atoms with Gasteiger partial charge in [0.25, 0.3) is 5.91 Å². The maximum absolute atomic E-state index is 11.9. The first-order chi connectivity index (χ1) is 9.06. The summed E-state index contributed by atoms with van der Waals surface area (Å²) in [6, 6.07) is 8.18. The van der Waals surface area contributed by atoms with E-state index in [4.69, 9.17) is 5.11 Å². The number of halogens is 1. The zero-order chi connectivity index (χ0) is 13.8. The fourth-order valence-electron chi connectivity index (χ4n) is 1.43. The maximum atomic E-state index is 11.9. The number of nitrogens with zero attached hydrogens (tertiary/aromatic N) is 1. The van der Waals surface area contributed by atoms with E-state index < -0.39 is 5.97 Å². The molecule has 0 aliphatic heterocycles. The Hall–Kier alpha value is -2.21. The predicted octanol–water partition coefficient (Wildman–Crippen LogP) is 2.79. The first-order valence-electron chi connectivity index (χ1n) is 5.31. The van der Waals surface area contributed by atoms with E-state index in [1.165, 1.54) is 18.5 Å². The Morgan fingerprint density at radius 3 is 2.42 bits per heavy atom. The van der Waals surface area contributed by atoms with Crippen LogP contribution in [-0.2, 0) is 0 Å². The Kier molecular flexibility index (Phi) is 3.91. The Morgan fingerprint density at radius 1 is 1.11 bits per heavy atom. The summed E-state index contributed by atoms with van der Waals surface area (Å²) in [6.07, 6.45) is 2.61. The lowest BCUT2D eigenvalue weighted by molar-refractivity contribution is 0.0696. The number of carbonyl (C=O) groups excluding carboxylic acids is 1. The van der Waals surface area contributed by atoms with Crippen molar-refractivity contribution >= 4 is 33.5 Å². The number of rotatable bonds is 3. The van der Waals surface area contributed by atoms with Gasteiger partial charge >= 0.3 is 5.97 Å². The number of pyridine rings is 1. The predicted molar refractivity (Wildman–Crippen MR) is 73.3 cm³/mol. The highest BCUT2D eigenvalue weighted by Gasteiger charge is 2.08. The van der Waals surface area contributed by atoms with Crippen LogP contribution in [0.25, 0.3) is 0 Å². The van der Waals surface area contributed by atoms with E-state index in [0.29, 0.717) is 11.3 Å². The lowest BCUT2D eigenvalue weighted by Gasteiger charge is -2.05. The minimum absolute atomic E-state index is 0.0219. The molecule has 0 bridgehead atoms. The molecule has 2 N–H and O–H groups in total. The smallest absolute Gasteiger partial charge is 0.337 e. The summed E-state index contributed by atoms with van der Waals surface area (Å²) < 4.78 is 0.874. The molecular formula is C13H9BrN2O3. The Bertz CT molecular complexity index is 626. The van der Waals surface area contributed by atoms with Crippen LogP contribution in [-0.4, -0.2) is 22.0 Å². The van der Waals surface area contributed by atoms with Crippen LogP contribution in [0.1, 0.15) is 20.7 Å². The van der Waals surface area contributed by atoms with Gasteiger partial charge in [-0.05, 0) is 30.3 Å². The Labute approximate surface area is 117 Å². The molecule has 0 radical (unpaired) electrons. The largest absolute Gasteiger partial charge is 0.478 e. The van der Waals surface area contributed by atoms with Crippen LogP contribution in [0.5, 0.6) is 0 Å². The molecule has 96 valence electrons. The average molecular weight is 321 g/mol. The summed E-state index contributed by atoms with van der Waals surface area (Å²) in [6.45, 7) is 0. The second kappa shape index (κ2) is 5.62. The second-order valence-corrected chi connectivity index (χ2v) is 4.64. The number of carboxylic acid groups (broad SMARTS) is 1. The SMILES string of the molecule is O=C(O)c1cncc(NC(=O)c2ccc(Br)cc2)c1. The monoisotopic (exact) mass is 320 g/mol. The summed E-state index contributed by atoms with van der Waals surface area (Å²) in [7, 11) is 0. The minimum atomic E-state index is -1.09. The van der Waals surface area contributed by atoms with Gasteiger partial charge in [0.05, 0.1) is 17.4 Å². The van der Waals surface area contributed by atoms with E-state index in [-0.39, 0.29) is 11.5 Å². The second-order valence-electron chi connectivity index (χ2n) is 3.73. The van der Waals surface area contributed by atoms with Crippen molar-refractivity contribution in [3.05, 3.63) is 58.3 Å². The first-order valence-corrected chi connectivity index (χ1v) is 6.11. The molecule has 0 saturated carbocycles. The Balaban J connectivity index is 2.17. The van der Waals surface area contributed by atoms with Gasteiger partial charge in [-0.25, -0.2) is 4.79 Å². The van der Waals surface area contributed by atoms with E-state index in [0.717, 1.165) is 4.47 Å². The minimum Gasteiger partial charge on any atom is -0.478 e. The number of carboxylic acids is 1. The number of anilines is 1. The molecule has 0 unspecified atom stereocenters. The van der Waals surface area contributed by atoms with Crippen molar-refractivity contribution in [3.63, 3.8) is 0 Å². The molecule has 2 aromatic rings. The van der Waals surface area contributed by atoms with Crippen LogP contribution in [0.3, 0.4) is 0 Å². The van der Waals surface area contributed by atoms with Crippen molar-refractivity contribution in [3.8, 4) is 0 Å². The third kappa shape index (κ3) is 3.38. The zero-order valence-corrected chi connectivity index (χ0v) is 11.2. The van der Waals surface area contributed by atoms with E-state index in [9.17, 15) is 9.59 Å². The molecular weight excluding hydrogens is 312 g/mol. The summed E-state index contributed by atoms with van der Waals surface area (Å²) in [5, 5.41) is 11.4. The highest BCUT2D eigenvalue weighted by Crippen LogP contribution is 2.13. The van der Waals surface area contributed by atoms with Crippen LogP contribution in [0.2, 0.25) is 0 Å². The standard InChI is InChI=1S/C13H9BrN2O3/c14-10-3-1-8(2-4-10)12(17)16-11-5-9(13(18)19)6-15-7-11/h1-7H,(H,16,17)(H,18,19). The molecule has 0 aliphatic rings. The van der Waals surface area contributed by atoms with Crippen molar-refractivity contribution in [2.75, 3.05) is 5.32 Å². The van der Waals surface area contributed by atoms with Crippen molar-refractivity contribution in [2.45, 2.75) is 0 Å². The molecule has 0 spiro atoms. The average Bonchev–Trinajstić information content (AvgIpc) is 2.39. The van der Waals surface area contributed by atoms with Gasteiger partial charge in [0, 0.05) is 16.2 Å². The number of hydrogen-bond donors (Lipinski definition) is 2. The number of aromatic nitrogens is 1. The molecule has 1 heterocycles. The quantitative estimate of drug-likeness (QED) is 0.911. The molecule has 1 amide bonds. The normalized spacial score (nSPS) is 9.95. The van der Waals surface area contributed by atoms with Crippen molar-refractivity contribution in [1.82, 2.24) is 4.98 Å². The van der Waals surface area contributed by atoms with Gasteiger partial charge in [-0.3, -0.25) is 9.78 Å². The number of carbonyl (C=O) groups is 2. The van der Waals surface area contributed by atoms with E-state index in [2.05, 4.69) is 26.2 Å². The number of benzene rings is 1. The molecule has 19 heavy (non-hydrogen) atoms. The third-order valence-electron chi connectivity index (χ3n) is 2.35. The molecule has 0 saturated heterocycles. The van der Waals surface area contributed by atoms with Crippen LogP contribution < -0.4 is 5.32 Å². The van der Waals surface area contributed by atoms with Gasteiger partial charge in [-0.2, -0.15) is 0 Å². The molecule has 0 aliphatic carbocycles.